The lowest BCUT2D eigenvalue weighted by Gasteiger charge is -2.07. The highest BCUT2D eigenvalue weighted by Gasteiger charge is 2.03. The van der Waals surface area contributed by atoms with Gasteiger partial charge in [-0.1, -0.05) is 90.4 Å². The van der Waals surface area contributed by atoms with Crippen LogP contribution in [0.5, 0.6) is 0 Å². The van der Waals surface area contributed by atoms with Gasteiger partial charge in [-0.05, 0) is 19.3 Å². The number of carbonyl (C=O) groups is 3. The van der Waals surface area contributed by atoms with E-state index in [1.54, 1.807) is 0 Å². The first-order chi connectivity index (χ1) is 17.6. The van der Waals surface area contributed by atoms with Crippen LogP contribution in [0.15, 0.2) is 0 Å². The van der Waals surface area contributed by atoms with Crippen LogP contribution in [0.25, 0.3) is 0 Å². The first kappa shape index (κ1) is 34.3. The third-order valence-electron chi connectivity index (χ3n) is 5.96. The number of carboxylic acids is 1. The van der Waals surface area contributed by atoms with E-state index in [2.05, 4.69) is 12.2 Å². The van der Waals surface area contributed by atoms with Gasteiger partial charge in [0.1, 0.15) is 6.61 Å². The van der Waals surface area contributed by atoms with E-state index in [1.807, 2.05) is 0 Å². The standard InChI is InChI=1S/C28H53NO7/c1-2-3-21-36-28(33)19-17-15-13-11-9-7-5-4-6-8-10-12-14-16-18-26(30)29-20-22-34-23-24-35-25-27(31)32/h2-25H2,1H3,(H,29,30)(H,31,32). The van der Waals surface area contributed by atoms with Gasteiger partial charge in [0.05, 0.1) is 26.4 Å². The molecule has 0 radical (unpaired) electrons. The van der Waals surface area contributed by atoms with E-state index in [0.29, 0.717) is 39.2 Å². The molecule has 2 N–H and O–H groups in total. The number of carboxylic acid groups (broad SMARTS) is 1. The molecule has 0 aromatic heterocycles. The number of hydrogen-bond acceptors (Lipinski definition) is 6. The molecule has 0 aliphatic heterocycles. The maximum Gasteiger partial charge on any atom is 0.329 e. The van der Waals surface area contributed by atoms with Crippen LogP contribution in [0.1, 0.15) is 122 Å². The lowest BCUT2D eigenvalue weighted by atomic mass is 10.0. The molecule has 8 nitrogen and oxygen atoms in total. The Morgan fingerprint density at radius 1 is 0.611 bits per heavy atom. The fourth-order valence-electron chi connectivity index (χ4n) is 3.81. The van der Waals surface area contributed by atoms with E-state index in [1.165, 1.54) is 64.2 Å². The summed E-state index contributed by atoms with van der Waals surface area (Å²) in [5, 5.41) is 11.3. The van der Waals surface area contributed by atoms with Crippen molar-refractivity contribution in [2.45, 2.75) is 122 Å². The van der Waals surface area contributed by atoms with Gasteiger partial charge in [0.15, 0.2) is 0 Å². The smallest absolute Gasteiger partial charge is 0.329 e. The largest absolute Gasteiger partial charge is 0.480 e. The van der Waals surface area contributed by atoms with Gasteiger partial charge >= 0.3 is 11.9 Å². The number of esters is 1. The molecule has 36 heavy (non-hydrogen) atoms. The molecule has 212 valence electrons. The summed E-state index contributed by atoms with van der Waals surface area (Å²) in [5.41, 5.74) is 0. The van der Waals surface area contributed by atoms with Gasteiger partial charge in [0.25, 0.3) is 0 Å². The van der Waals surface area contributed by atoms with E-state index in [-0.39, 0.29) is 25.1 Å². The van der Waals surface area contributed by atoms with Crippen LogP contribution in [0.4, 0.5) is 0 Å². The summed E-state index contributed by atoms with van der Waals surface area (Å²) in [7, 11) is 0. The fraction of sp³-hybridized carbons (Fsp3) is 0.893. The number of ether oxygens (including phenoxy) is 3. The molecule has 0 saturated carbocycles. The predicted molar refractivity (Wildman–Crippen MR) is 142 cm³/mol. The van der Waals surface area contributed by atoms with Crippen LogP contribution in [0.2, 0.25) is 0 Å². The number of unbranched alkanes of at least 4 members (excludes halogenated alkanes) is 14. The van der Waals surface area contributed by atoms with E-state index >= 15 is 0 Å². The molecule has 0 spiro atoms. The van der Waals surface area contributed by atoms with Crippen molar-refractivity contribution in [3.8, 4) is 0 Å². The molecule has 0 heterocycles. The fourth-order valence-corrected chi connectivity index (χ4v) is 3.81. The highest BCUT2D eigenvalue weighted by atomic mass is 16.5. The van der Waals surface area contributed by atoms with Crippen LogP contribution in [0.3, 0.4) is 0 Å². The van der Waals surface area contributed by atoms with Crippen molar-refractivity contribution in [3.63, 3.8) is 0 Å². The Hall–Kier alpha value is -1.67. The van der Waals surface area contributed by atoms with E-state index < -0.39 is 5.97 Å². The average Bonchev–Trinajstić information content (AvgIpc) is 2.85. The Balaban J connectivity index is 3.19. The first-order valence-electron chi connectivity index (χ1n) is 14.4. The van der Waals surface area contributed by atoms with Gasteiger partial charge in [-0.3, -0.25) is 9.59 Å². The van der Waals surface area contributed by atoms with Crippen molar-refractivity contribution < 1.29 is 33.7 Å². The van der Waals surface area contributed by atoms with Crippen molar-refractivity contribution in [3.05, 3.63) is 0 Å². The number of amides is 1. The highest BCUT2D eigenvalue weighted by Crippen LogP contribution is 2.14. The third kappa shape index (κ3) is 28.6. The van der Waals surface area contributed by atoms with E-state index in [0.717, 1.165) is 38.5 Å². The molecule has 0 fully saturated rings. The van der Waals surface area contributed by atoms with Gasteiger partial charge in [0.2, 0.25) is 5.91 Å². The second-order valence-corrected chi connectivity index (χ2v) is 9.43. The van der Waals surface area contributed by atoms with Gasteiger partial charge < -0.3 is 24.6 Å². The Labute approximate surface area is 219 Å². The number of nitrogens with one attached hydrogen (secondary N) is 1. The zero-order valence-corrected chi connectivity index (χ0v) is 22.9. The summed E-state index contributed by atoms with van der Waals surface area (Å²) >= 11 is 0. The van der Waals surface area contributed by atoms with Gasteiger partial charge in [-0.2, -0.15) is 0 Å². The van der Waals surface area contributed by atoms with Crippen molar-refractivity contribution >= 4 is 17.8 Å². The second kappa shape index (κ2) is 27.9. The summed E-state index contributed by atoms with van der Waals surface area (Å²) in [5.74, 6) is -0.968. The number of aliphatic carboxylic acids is 1. The van der Waals surface area contributed by atoms with Gasteiger partial charge in [-0.15, -0.1) is 0 Å². The number of rotatable bonds is 28. The van der Waals surface area contributed by atoms with Crippen molar-refractivity contribution in [1.29, 1.82) is 0 Å². The number of carbonyl (C=O) groups excluding carboxylic acids is 2. The molecule has 0 aromatic rings. The first-order valence-corrected chi connectivity index (χ1v) is 14.4. The van der Waals surface area contributed by atoms with Crippen molar-refractivity contribution in [2.24, 2.45) is 0 Å². The summed E-state index contributed by atoms with van der Waals surface area (Å²) in [6, 6.07) is 0. The topological polar surface area (TPSA) is 111 Å². The zero-order valence-electron chi connectivity index (χ0n) is 22.9. The molecule has 0 rings (SSSR count). The molecular formula is C28H53NO7. The van der Waals surface area contributed by atoms with Crippen molar-refractivity contribution in [1.82, 2.24) is 5.32 Å². The molecule has 0 unspecified atom stereocenters. The van der Waals surface area contributed by atoms with Crippen molar-refractivity contribution in [2.75, 3.05) is 39.6 Å². The minimum absolute atomic E-state index is 0.0352. The molecule has 0 saturated heterocycles. The normalized spacial score (nSPS) is 10.9. The lowest BCUT2D eigenvalue weighted by molar-refractivity contribution is -0.144. The summed E-state index contributed by atoms with van der Waals surface area (Å²) in [6.07, 6.45) is 20.1. The van der Waals surface area contributed by atoms with E-state index in [9.17, 15) is 14.4 Å². The number of hydrogen-bond donors (Lipinski definition) is 2. The third-order valence-corrected chi connectivity index (χ3v) is 5.96. The molecular weight excluding hydrogens is 462 g/mol. The summed E-state index contributed by atoms with van der Waals surface area (Å²) < 4.78 is 15.3. The molecule has 8 heteroatoms. The molecule has 0 atom stereocenters. The Bertz CT molecular complexity index is 528. The van der Waals surface area contributed by atoms with Gasteiger partial charge in [0, 0.05) is 19.4 Å². The zero-order chi connectivity index (χ0) is 26.5. The summed E-state index contributed by atoms with van der Waals surface area (Å²) in [4.78, 5) is 33.6. The molecule has 0 aliphatic rings. The van der Waals surface area contributed by atoms with Crippen LogP contribution in [-0.2, 0) is 28.6 Å². The summed E-state index contributed by atoms with van der Waals surface area (Å²) in [6.45, 7) is 3.78. The molecule has 1 amide bonds. The van der Waals surface area contributed by atoms with Gasteiger partial charge in [-0.25, -0.2) is 4.79 Å². The van der Waals surface area contributed by atoms with E-state index in [4.69, 9.17) is 19.3 Å². The monoisotopic (exact) mass is 515 g/mol. The minimum atomic E-state index is -0.994. The minimum Gasteiger partial charge on any atom is -0.480 e. The van der Waals surface area contributed by atoms with Crippen LogP contribution < -0.4 is 5.32 Å². The molecule has 0 aromatic carbocycles. The predicted octanol–water partition coefficient (Wildman–Crippen LogP) is 5.81. The Morgan fingerprint density at radius 3 is 1.64 bits per heavy atom. The molecule has 0 bridgehead atoms. The average molecular weight is 516 g/mol. The SMILES string of the molecule is CCCCOC(=O)CCCCCCCCCCCCCCCCC(=O)NCCOCCOCC(=O)O. The maximum atomic E-state index is 11.8. The maximum absolute atomic E-state index is 11.8. The second-order valence-electron chi connectivity index (χ2n) is 9.43. The highest BCUT2D eigenvalue weighted by molar-refractivity contribution is 5.75. The lowest BCUT2D eigenvalue weighted by Crippen LogP contribution is -2.27. The van der Waals surface area contributed by atoms with Crippen LogP contribution in [-0.4, -0.2) is 62.5 Å². The van der Waals surface area contributed by atoms with Crippen LogP contribution in [0, 0.1) is 0 Å². The Morgan fingerprint density at radius 2 is 1.11 bits per heavy atom. The Kier molecular flexibility index (Phi) is 26.6. The van der Waals surface area contributed by atoms with Crippen LogP contribution >= 0.6 is 0 Å². The molecule has 0 aliphatic carbocycles. The quantitative estimate of drug-likeness (QED) is 0.0999.